The number of nitrogens with one attached hydrogen (secondary N) is 1. The van der Waals surface area contributed by atoms with E-state index in [-0.39, 0.29) is 6.61 Å². The zero-order chi connectivity index (χ0) is 13.4. The summed E-state index contributed by atoms with van der Waals surface area (Å²) in [6.45, 7) is 4.82. The van der Waals surface area contributed by atoms with E-state index in [4.69, 9.17) is 9.84 Å². The third-order valence-corrected chi connectivity index (χ3v) is 2.95. The third kappa shape index (κ3) is 1.92. The van der Waals surface area contributed by atoms with Crippen LogP contribution in [-0.4, -0.2) is 38.6 Å². The van der Waals surface area contributed by atoms with E-state index in [9.17, 15) is 14.7 Å². The maximum Gasteiger partial charge on any atom is 0.330 e. The van der Waals surface area contributed by atoms with Crippen molar-refractivity contribution in [2.24, 2.45) is 0 Å². The van der Waals surface area contributed by atoms with Crippen molar-refractivity contribution in [2.75, 3.05) is 6.61 Å². The molecular formula is C11H14N2O5. The number of nitrogens with zero attached hydrogens (tertiary/aromatic N) is 1. The monoisotopic (exact) mass is 254 g/mol. The highest BCUT2D eigenvalue weighted by atomic mass is 16.5. The molecule has 1 aliphatic heterocycles. The van der Waals surface area contributed by atoms with Gasteiger partial charge in [-0.3, -0.25) is 14.3 Å². The fourth-order valence-corrected chi connectivity index (χ4v) is 1.86. The number of hydrogen-bond acceptors (Lipinski definition) is 5. The van der Waals surface area contributed by atoms with Gasteiger partial charge in [0.1, 0.15) is 12.2 Å². The highest BCUT2D eigenvalue weighted by Gasteiger charge is 2.38. The summed E-state index contributed by atoms with van der Waals surface area (Å²) in [5.41, 5.74) is -0.538. The molecule has 0 aromatic carbocycles. The van der Waals surface area contributed by atoms with E-state index in [1.807, 2.05) is 0 Å². The van der Waals surface area contributed by atoms with Crippen molar-refractivity contribution >= 4 is 0 Å². The van der Waals surface area contributed by atoms with Crippen LogP contribution in [0.4, 0.5) is 0 Å². The van der Waals surface area contributed by atoms with E-state index in [0.717, 1.165) is 4.57 Å². The smallest absolute Gasteiger partial charge is 0.330 e. The fraction of sp³-hybridized carbons (Fsp3) is 0.455. The molecule has 1 saturated heterocycles. The zero-order valence-electron chi connectivity index (χ0n) is 9.79. The minimum absolute atomic E-state index is 0.304. The molecule has 7 nitrogen and oxygen atoms in total. The number of rotatable bonds is 2. The van der Waals surface area contributed by atoms with Gasteiger partial charge in [-0.05, 0) is 12.5 Å². The van der Waals surface area contributed by atoms with Gasteiger partial charge in [-0.1, -0.05) is 6.58 Å². The van der Waals surface area contributed by atoms with Gasteiger partial charge in [0.05, 0.1) is 6.61 Å². The summed E-state index contributed by atoms with van der Waals surface area (Å²) >= 11 is 0. The molecule has 1 aliphatic rings. The van der Waals surface area contributed by atoms with E-state index in [1.165, 1.54) is 13.1 Å². The van der Waals surface area contributed by atoms with E-state index in [1.54, 1.807) is 0 Å². The Morgan fingerprint density at radius 1 is 1.56 bits per heavy atom. The van der Waals surface area contributed by atoms with E-state index >= 15 is 0 Å². The van der Waals surface area contributed by atoms with Crippen LogP contribution in [0.3, 0.4) is 0 Å². The predicted octanol–water partition coefficient (Wildman–Crippen LogP) is -1.35. The van der Waals surface area contributed by atoms with Gasteiger partial charge in [0.15, 0.2) is 6.23 Å². The van der Waals surface area contributed by atoms with Crippen LogP contribution in [0, 0.1) is 6.92 Å². The van der Waals surface area contributed by atoms with E-state index < -0.39 is 29.7 Å². The second-order valence-corrected chi connectivity index (χ2v) is 4.20. The molecule has 3 atom stereocenters. The first-order chi connectivity index (χ1) is 8.45. The molecule has 0 amide bonds. The largest absolute Gasteiger partial charge is 0.393 e. The number of H-pyrrole nitrogens is 1. The molecule has 98 valence electrons. The molecular weight excluding hydrogens is 240 g/mol. The van der Waals surface area contributed by atoms with Crippen LogP contribution in [0.15, 0.2) is 27.9 Å². The first kappa shape index (κ1) is 12.7. The Morgan fingerprint density at radius 3 is 2.78 bits per heavy atom. The lowest BCUT2D eigenvalue weighted by atomic mass is 10.1. The molecule has 0 saturated carbocycles. The van der Waals surface area contributed by atoms with Gasteiger partial charge in [0.2, 0.25) is 0 Å². The van der Waals surface area contributed by atoms with Gasteiger partial charge >= 0.3 is 5.69 Å². The maximum absolute atomic E-state index is 11.7. The maximum atomic E-state index is 11.7. The van der Waals surface area contributed by atoms with E-state index in [0.29, 0.717) is 11.1 Å². The van der Waals surface area contributed by atoms with Gasteiger partial charge in [-0.25, -0.2) is 4.79 Å². The van der Waals surface area contributed by atoms with Crippen LogP contribution in [0.2, 0.25) is 0 Å². The van der Waals surface area contributed by atoms with Crippen molar-refractivity contribution in [1.29, 1.82) is 0 Å². The Bertz CT molecular complexity index is 588. The Hall–Kier alpha value is -1.70. The van der Waals surface area contributed by atoms with Gasteiger partial charge < -0.3 is 14.9 Å². The Morgan fingerprint density at radius 2 is 2.22 bits per heavy atom. The van der Waals surface area contributed by atoms with Crippen LogP contribution in [-0.2, 0) is 4.74 Å². The van der Waals surface area contributed by atoms with Gasteiger partial charge in [-0.2, -0.15) is 0 Å². The highest BCUT2D eigenvalue weighted by molar-refractivity contribution is 5.16. The molecule has 2 rings (SSSR count). The van der Waals surface area contributed by atoms with Gasteiger partial charge in [0, 0.05) is 11.8 Å². The molecule has 1 fully saturated rings. The van der Waals surface area contributed by atoms with Crippen LogP contribution < -0.4 is 11.2 Å². The van der Waals surface area contributed by atoms with Crippen LogP contribution >= 0.6 is 0 Å². The predicted molar refractivity (Wildman–Crippen MR) is 62.2 cm³/mol. The molecule has 2 heterocycles. The Kier molecular flexibility index (Phi) is 3.20. The van der Waals surface area contributed by atoms with Crippen molar-refractivity contribution in [2.45, 2.75) is 25.4 Å². The summed E-state index contributed by atoms with van der Waals surface area (Å²) in [7, 11) is 0. The average Bonchev–Trinajstić information content (AvgIpc) is 2.61. The van der Waals surface area contributed by atoms with Crippen molar-refractivity contribution in [3.8, 4) is 0 Å². The molecule has 1 aromatic heterocycles. The summed E-state index contributed by atoms with van der Waals surface area (Å²) in [5, 5.41) is 19.0. The number of aromatic nitrogens is 2. The average molecular weight is 254 g/mol. The number of aromatic amines is 1. The lowest BCUT2D eigenvalue weighted by Crippen LogP contribution is -2.36. The second kappa shape index (κ2) is 4.52. The fourth-order valence-electron chi connectivity index (χ4n) is 1.86. The SMILES string of the molecule is C=C1[C@H](CO)O[C@H](n2cc(C)c(=O)[nH]c2=O)[C@@H]1O. The first-order valence-electron chi connectivity index (χ1n) is 5.41. The quantitative estimate of drug-likeness (QED) is 0.566. The second-order valence-electron chi connectivity index (χ2n) is 4.20. The zero-order valence-corrected chi connectivity index (χ0v) is 9.79. The minimum Gasteiger partial charge on any atom is -0.393 e. The number of ether oxygens (including phenoxy) is 1. The normalized spacial score (nSPS) is 27.7. The molecule has 18 heavy (non-hydrogen) atoms. The first-order valence-corrected chi connectivity index (χ1v) is 5.41. The standard InChI is InChI=1S/C11H14N2O5/c1-5-3-13(11(17)12-9(5)16)10-8(15)6(2)7(4-14)18-10/h3,7-8,10,14-15H,2,4H2,1H3,(H,12,16,17)/t7-,8+,10-/m0/s1. The van der Waals surface area contributed by atoms with Crippen LogP contribution in [0.5, 0.6) is 0 Å². The molecule has 0 aliphatic carbocycles. The number of aliphatic hydroxyl groups is 2. The summed E-state index contributed by atoms with van der Waals surface area (Å²) in [4.78, 5) is 25.0. The van der Waals surface area contributed by atoms with Crippen molar-refractivity contribution in [3.63, 3.8) is 0 Å². The molecule has 7 heteroatoms. The number of aliphatic hydroxyl groups excluding tert-OH is 2. The lowest BCUT2D eigenvalue weighted by molar-refractivity contribution is -0.0528. The highest BCUT2D eigenvalue weighted by Crippen LogP contribution is 2.31. The summed E-state index contributed by atoms with van der Waals surface area (Å²) < 4.78 is 6.42. The minimum atomic E-state index is -1.11. The lowest BCUT2D eigenvalue weighted by Gasteiger charge is -2.16. The molecule has 0 radical (unpaired) electrons. The van der Waals surface area contributed by atoms with Crippen LogP contribution in [0.25, 0.3) is 0 Å². The summed E-state index contributed by atoms with van der Waals surface area (Å²) in [6.07, 6.45) is -1.51. The van der Waals surface area contributed by atoms with Crippen molar-refractivity contribution in [1.82, 2.24) is 9.55 Å². The van der Waals surface area contributed by atoms with Crippen molar-refractivity contribution in [3.05, 3.63) is 44.8 Å². The summed E-state index contributed by atoms with van der Waals surface area (Å²) in [5.74, 6) is 0. The summed E-state index contributed by atoms with van der Waals surface area (Å²) in [6, 6.07) is 0. The van der Waals surface area contributed by atoms with Gasteiger partial charge in [0.25, 0.3) is 5.56 Å². The van der Waals surface area contributed by atoms with Crippen LogP contribution in [0.1, 0.15) is 11.8 Å². The third-order valence-electron chi connectivity index (χ3n) is 2.95. The van der Waals surface area contributed by atoms with Gasteiger partial charge in [-0.15, -0.1) is 0 Å². The molecule has 3 N–H and O–H groups in total. The molecule has 0 bridgehead atoms. The molecule has 0 spiro atoms. The number of aryl methyl sites for hydroxylation is 1. The molecule has 1 aromatic rings. The Labute approximate surface area is 102 Å². The van der Waals surface area contributed by atoms with E-state index in [2.05, 4.69) is 11.6 Å². The Balaban J connectivity index is 2.45. The molecule has 0 unspecified atom stereocenters. The number of hydrogen-bond donors (Lipinski definition) is 3. The topological polar surface area (TPSA) is 105 Å². The van der Waals surface area contributed by atoms with Crippen molar-refractivity contribution < 1.29 is 14.9 Å².